The Morgan fingerprint density at radius 1 is 1.16 bits per heavy atom. The van der Waals surface area contributed by atoms with Crippen LogP contribution in [-0.2, 0) is 0 Å². The van der Waals surface area contributed by atoms with Crippen LogP contribution in [0.1, 0.15) is 10.4 Å². The molecule has 0 atom stereocenters. The Labute approximate surface area is 142 Å². The van der Waals surface area contributed by atoms with E-state index in [4.69, 9.17) is 9.47 Å². The molecule has 0 aliphatic carbocycles. The zero-order chi connectivity index (χ0) is 17.8. The third-order valence-electron chi connectivity index (χ3n) is 3.43. The van der Waals surface area contributed by atoms with Crippen molar-refractivity contribution in [1.82, 2.24) is 9.78 Å². The van der Waals surface area contributed by atoms with Crippen LogP contribution in [0.5, 0.6) is 11.5 Å². The summed E-state index contributed by atoms with van der Waals surface area (Å²) in [6.07, 6.45) is 3.43. The summed E-state index contributed by atoms with van der Waals surface area (Å²) in [4.78, 5) is 22.6. The summed E-state index contributed by atoms with van der Waals surface area (Å²) in [5, 5.41) is 15.0. The van der Waals surface area contributed by atoms with Crippen LogP contribution < -0.4 is 9.47 Å². The third-order valence-corrected chi connectivity index (χ3v) is 3.43. The van der Waals surface area contributed by atoms with E-state index in [1.807, 2.05) is 0 Å². The predicted molar refractivity (Wildman–Crippen MR) is 88.2 cm³/mol. The van der Waals surface area contributed by atoms with Crippen LogP contribution in [0.4, 0.5) is 5.69 Å². The van der Waals surface area contributed by atoms with Gasteiger partial charge in [0.25, 0.3) is 5.69 Å². The second-order valence-electron chi connectivity index (χ2n) is 4.98. The van der Waals surface area contributed by atoms with Crippen molar-refractivity contribution in [2.75, 3.05) is 7.11 Å². The molecule has 126 valence electrons. The molecular weight excluding hydrogens is 326 g/mol. The molecule has 0 aliphatic rings. The van der Waals surface area contributed by atoms with Gasteiger partial charge >= 0.3 is 5.97 Å². The highest BCUT2D eigenvalue weighted by molar-refractivity contribution is 5.91. The Bertz CT molecular complexity index is 905. The fraction of sp³-hybridized carbons (Fsp3) is 0.0588. The molecule has 0 saturated heterocycles. The molecule has 0 spiro atoms. The highest BCUT2D eigenvalue weighted by atomic mass is 16.6. The van der Waals surface area contributed by atoms with Gasteiger partial charge in [0.15, 0.2) is 11.5 Å². The van der Waals surface area contributed by atoms with E-state index in [0.717, 1.165) is 11.8 Å². The van der Waals surface area contributed by atoms with E-state index in [-0.39, 0.29) is 17.2 Å². The largest absolute Gasteiger partial charge is 0.493 e. The van der Waals surface area contributed by atoms with Gasteiger partial charge in [-0.05, 0) is 36.4 Å². The smallest absolute Gasteiger partial charge is 0.343 e. The number of benzene rings is 2. The van der Waals surface area contributed by atoms with E-state index >= 15 is 0 Å². The minimum Gasteiger partial charge on any atom is -0.493 e. The first-order valence-electron chi connectivity index (χ1n) is 7.23. The Kier molecular flexibility index (Phi) is 4.42. The molecular formula is C17H13N3O5. The summed E-state index contributed by atoms with van der Waals surface area (Å²) in [5.41, 5.74) is 0.886. The molecule has 3 rings (SSSR count). The summed E-state index contributed by atoms with van der Waals surface area (Å²) in [7, 11) is 1.39. The molecule has 0 bridgehead atoms. The van der Waals surface area contributed by atoms with Crippen LogP contribution in [0, 0.1) is 10.1 Å². The van der Waals surface area contributed by atoms with Crippen molar-refractivity contribution in [3.8, 4) is 17.2 Å². The lowest BCUT2D eigenvalue weighted by atomic mass is 10.2. The van der Waals surface area contributed by atoms with Crippen LogP contribution in [0.25, 0.3) is 5.69 Å². The van der Waals surface area contributed by atoms with E-state index in [1.165, 1.54) is 19.2 Å². The Hall–Kier alpha value is -3.68. The zero-order valence-corrected chi connectivity index (χ0v) is 13.2. The number of ether oxygens (including phenoxy) is 2. The van der Waals surface area contributed by atoms with Crippen molar-refractivity contribution in [1.29, 1.82) is 0 Å². The molecule has 8 heteroatoms. The molecule has 1 aromatic heterocycles. The highest BCUT2D eigenvalue weighted by Gasteiger charge is 2.17. The molecule has 0 aliphatic heterocycles. The lowest BCUT2D eigenvalue weighted by molar-refractivity contribution is -0.384. The van der Waals surface area contributed by atoms with Crippen LogP contribution in [-0.4, -0.2) is 27.8 Å². The number of hydrogen-bond acceptors (Lipinski definition) is 6. The Balaban J connectivity index is 1.82. The Morgan fingerprint density at radius 3 is 2.52 bits per heavy atom. The summed E-state index contributed by atoms with van der Waals surface area (Å²) in [6.45, 7) is 0. The quantitative estimate of drug-likeness (QED) is 0.307. The average molecular weight is 339 g/mol. The zero-order valence-electron chi connectivity index (χ0n) is 13.2. The molecule has 0 amide bonds. The number of carbonyl (C=O) groups excluding carboxylic acids is 1. The minimum absolute atomic E-state index is 0.0159. The number of carbonyl (C=O) groups is 1. The molecule has 1 heterocycles. The van der Waals surface area contributed by atoms with Crippen molar-refractivity contribution < 1.29 is 19.2 Å². The van der Waals surface area contributed by atoms with Gasteiger partial charge in [-0.2, -0.15) is 5.10 Å². The summed E-state index contributed by atoms with van der Waals surface area (Å²) >= 11 is 0. The van der Waals surface area contributed by atoms with Gasteiger partial charge in [-0.15, -0.1) is 0 Å². The van der Waals surface area contributed by atoms with E-state index in [1.54, 1.807) is 47.4 Å². The third kappa shape index (κ3) is 3.47. The lowest BCUT2D eigenvalue weighted by Gasteiger charge is -2.09. The number of nitro groups is 1. The van der Waals surface area contributed by atoms with Crippen molar-refractivity contribution in [2.24, 2.45) is 0 Å². The van der Waals surface area contributed by atoms with Crippen molar-refractivity contribution in [3.63, 3.8) is 0 Å². The standard InChI is InChI=1S/C17H13N3O5/c1-24-15-8-7-14(20(22)23)11-16(15)25-17(21)12-3-5-13(6-4-12)19-10-2-9-18-19/h2-11H,1H3. The fourth-order valence-electron chi connectivity index (χ4n) is 2.19. The van der Waals surface area contributed by atoms with E-state index in [0.29, 0.717) is 5.56 Å². The first-order valence-corrected chi connectivity index (χ1v) is 7.23. The van der Waals surface area contributed by atoms with Crippen LogP contribution in [0.15, 0.2) is 60.9 Å². The van der Waals surface area contributed by atoms with Gasteiger partial charge < -0.3 is 9.47 Å². The molecule has 0 radical (unpaired) electrons. The molecule has 8 nitrogen and oxygen atoms in total. The topological polar surface area (TPSA) is 96.5 Å². The van der Waals surface area contributed by atoms with Gasteiger partial charge in [0.2, 0.25) is 0 Å². The van der Waals surface area contributed by atoms with Crippen LogP contribution >= 0.6 is 0 Å². The van der Waals surface area contributed by atoms with E-state index < -0.39 is 10.9 Å². The SMILES string of the molecule is COc1ccc([N+](=O)[O-])cc1OC(=O)c1ccc(-n2cccn2)cc1. The summed E-state index contributed by atoms with van der Waals surface area (Å²) in [6, 6.07) is 12.2. The molecule has 0 fully saturated rings. The van der Waals surface area contributed by atoms with Gasteiger partial charge in [0.05, 0.1) is 29.4 Å². The van der Waals surface area contributed by atoms with Gasteiger partial charge in [-0.3, -0.25) is 10.1 Å². The molecule has 25 heavy (non-hydrogen) atoms. The number of aromatic nitrogens is 2. The normalized spacial score (nSPS) is 10.3. The minimum atomic E-state index is -0.647. The average Bonchev–Trinajstić information content (AvgIpc) is 3.16. The van der Waals surface area contributed by atoms with E-state index in [2.05, 4.69) is 5.10 Å². The predicted octanol–water partition coefficient (Wildman–Crippen LogP) is 3.01. The first-order chi connectivity index (χ1) is 12.1. The molecule has 0 unspecified atom stereocenters. The number of esters is 1. The van der Waals surface area contributed by atoms with Gasteiger partial charge in [-0.1, -0.05) is 0 Å². The maximum absolute atomic E-state index is 12.3. The number of methoxy groups -OCH3 is 1. The molecule has 3 aromatic rings. The number of hydrogen-bond donors (Lipinski definition) is 0. The van der Waals surface area contributed by atoms with E-state index in [9.17, 15) is 14.9 Å². The molecule has 0 saturated carbocycles. The molecule has 2 aromatic carbocycles. The van der Waals surface area contributed by atoms with Gasteiger partial charge in [0, 0.05) is 18.5 Å². The van der Waals surface area contributed by atoms with Crippen LogP contribution in [0.3, 0.4) is 0 Å². The maximum Gasteiger partial charge on any atom is 0.343 e. The van der Waals surface area contributed by atoms with Gasteiger partial charge in [-0.25, -0.2) is 9.48 Å². The lowest BCUT2D eigenvalue weighted by Crippen LogP contribution is -2.09. The first kappa shape index (κ1) is 16.2. The number of nitrogens with zero attached hydrogens (tertiary/aromatic N) is 3. The second-order valence-corrected chi connectivity index (χ2v) is 4.98. The summed E-state index contributed by atoms with van der Waals surface area (Å²) in [5.74, 6) is -0.434. The maximum atomic E-state index is 12.3. The Morgan fingerprint density at radius 2 is 1.92 bits per heavy atom. The number of nitro benzene ring substituents is 1. The molecule has 0 N–H and O–H groups in total. The monoisotopic (exact) mass is 339 g/mol. The number of non-ortho nitro benzene ring substituents is 1. The van der Waals surface area contributed by atoms with Crippen molar-refractivity contribution in [2.45, 2.75) is 0 Å². The van der Waals surface area contributed by atoms with Crippen molar-refractivity contribution >= 4 is 11.7 Å². The fourth-order valence-corrected chi connectivity index (χ4v) is 2.19. The second kappa shape index (κ2) is 6.83. The van der Waals surface area contributed by atoms with Crippen molar-refractivity contribution in [3.05, 3.63) is 76.6 Å². The van der Waals surface area contributed by atoms with Gasteiger partial charge in [0.1, 0.15) is 0 Å². The highest BCUT2D eigenvalue weighted by Crippen LogP contribution is 2.31. The number of rotatable bonds is 5. The summed E-state index contributed by atoms with van der Waals surface area (Å²) < 4.78 is 12.0. The van der Waals surface area contributed by atoms with Crippen LogP contribution in [0.2, 0.25) is 0 Å².